The van der Waals surface area contributed by atoms with Crippen molar-refractivity contribution in [2.24, 2.45) is 4.99 Å². The summed E-state index contributed by atoms with van der Waals surface area (Å²) in [6, 6.07) is 6.65. The highest BCUT2D eigenvalue weighted by atomic mass is 19.4. The van der Waals surface area contributed by atoms with Crippen molar-refractivity contribution in [2.45, 2.75) is 25.1 Å². The topological polar surface area (TPSA) is 33.6 Å². The second-order valence-corrected chi connectivity index (χ2v) is 4.28. The Morgan fingerprint density at radius 3 is 2.50 bits per heavy atom. The van der Waals surface area contributed by atoms with Gasteiger partial charge in [-0.1, -0.05) is 12.1 Å². The Balaban J connectivity index is 2.16. The van der Waals surface area contributed by atoms with Crippen LogP contribution in [0.1, 0.15) is 6.92 Å². The van der Waals surface area contributed by atoms with E-state index < -0.39 is 24.7 Å². The van der Waals surface area contributed by atoms with Crippen LogP contribution in [0.25, 0.3) is 0 Å². The van der Waals surface area contributed by atoms with E-state index in [0.717, 1.165) is 0 Å². The predicted molar refractivity (Wildman–Crippen MR) is 63.5 cm³/mol. The molecule has 0 spiro atoms. The maximum absolute atomic E-state index is 12.8. The number of alkyl halides is 5. The van der Waals surface area contributed by atoms with Gasteiger partial charge >= 0.3 is 12.1 Å². The molecule has 1 aromatic rings. The van der Waals surface area contributed by atoms with Gasteiger partial charge in [0.1, 0.15) is 18.1 Å². The highest BCUT2D eigenvalue weighted by molar-refractivity contribution is 6.01. The van der Waals surface area contributed by atoms with E-state index in [1.165, 1.54) is 6.92 Å². The first kappa shape index (κ1) is 14.5. The van der Waals surface area contributed by atoms with Gasteiger partial charge in [-0.15, -0.1) is 0 Å². The Labute approximate surface area is 111 Å². The van der Waals surface area contributed by atoms with Crippen molar-refractivity contribution in [3.8, 4) is 5.75 Å². The largest absolute Gasteiger partial charge is 0.481 e. The molecule has 3 nitrogen and oxygen atoms in total. The quantitative estimate of drug-likeness (QED) is 0.847. The van der Waals surface area contributed by atoms with E-state index in [2.05, 4.69) is 10.3 Å². The van der Waals surface area contributed by atoms with Gasteiger partial charge in [-0.3, -0.25) is 4.99 Å². The fourth-order valence-electron chi connectivity index (χ4n) is 1.60. The molecule has 1 N–H and O–H groups in total. The van der Waals surface area contributed by atoms with Gasteiger partial charge in [0, 0.05) is 0 Å². The van der Waals surface area contributed by atoms with Crippen molar-refractivity contribution < 1.29 is 26.7 Å². The average Bonchev–Trinajstić information content (AvgIpc) is 2.35. The highest BCUT2D eigenvalue weighted by Gasteiger charge is 2.57. The second kappa shape index (κ2) is 4.92. The molecule has 0 radical (unpaired) electrons. The van der Waals surface area contributed by atoms with Crippen LogP contribution in [0.3, 0.4) is 0 Å². The van der Waals surface area contributed by atoms with E-state index in [0.29, 0.717) is 11.4 Å². The van der Waals surface area contributed by atoms with Crippen molar-refractivity contribution in [2.75, 3.05) is 11.9 Å². The molecule has 2 rings (SSSR count). The number of nitrogens with zero attached hydrogens (tertiary/aromatic N) is 1. The Bertz CT molecular complexity index is 527. The Hall–Kier alpha value is -1.86. The van der Waals surface area contributed by atoms with Crippen LogP contribution >= 0.6 is 0 Å². The summed E-state index contributed by atoms with van der Waals surface area (Å²) < 4.78 is 67.2. The van der Waals surface area contributed by atoms with Crippen LogP contribution < -0.4 is 10.1 Å². The van der Waals surface area contributed by atoms with E-state index in [4.69, 9.17) is 4.74 Å². The SMILES string of the molecule is CC1Oc2ccccc2NC1=NCC(F)(F)C(F)(F)F. The molecule has 0 saturated carbocycles. The monoisotopic (exact) mass is 294 g/mol. The van der Waals surface area contributed by atoms with Gasteiger partial charge in [0.2, 0.25) is 0 Å². The number of amidine groups is 1. The van der Waals surface area contributed by atoms with Crippen molar-refractivity contribution >= 4 is 11.5 Å². The zero-order valence-corrected chi connectivity index (χ0v) is 10.3. The van der Waals surface area contributed by atoms with Crippen molar-refractivity contribution in [1.29, 1.82) is 0 Å². The lowest BCUT2D eigenvalue weighted by molar-refractivity contribution is -0.276. The molecule has 1 atom stereocenters. The third-order valence-corrected chi connectivity index (χ3v) is 2.70. The number of anilines is 1. The van der Waals surface area contributed by atoms with Crippen LogP contribution in [0.15, 0.2) is 29.3 Å². The Kier molecular flexibility index (Phi) is 3.58. The zero-order chi connectivity index (χ0) is 15.0. The number of hydrogen-bond acceptors (Lipinski definition) is 2. The molecular weight excluding hydrogens is 283 g/mol. The molecule has 0 aromatic heterocycles. The third kappa shape index (κ3) is 2.83. The third-order valence-electron chi connectivity index (χ3n) is 2.70. The minimum absolute atomic E-state index is 0.0624. The number of halogens is 5. The number of benzene rings is 1. The van der Waals surface area contributed by atoms with E-state index in [-0.39, 0.29) is 5.84 Å². The number of nitrogens with one attached hydrogen (secondary N) is 1. The van der Waals surface area contributed by atoms with E-state index in [1.54, 1.807) is 24.3 Å². The predicted octanol–water partition coefficient (Wildman–Crippen LogP) is 3.48. The normalized spacial score (nSPS) is 21.1. The molecule has 1 aliphatic rings. The van der Waals surface area contributed by atoms with E-state index in [1.807, 2.05) is 0 Å². The van der Waals surface area contributed by atoms with Crippen LogP contribution in [0.2, 0.25) is 0 Å². The summed E-state index contributed by atoms with van der Waals surface area (Å²) in [5, 5.41) is 2.70. The summed E-state index contributed by atoms with van der Waals surface area (Å²) in [5.74, 6) is -4.44. The standard InChI is InChI=1S/C12H11F5N2O/c1-7-10(18-6-11(13,14)12(15,16)17)19-8-4-2-3-5-9(8)20-7/h2-5,7H,6H2,1H3,(H,18,19). The van der Waals surface area contributed by atoms with Gasteiger partial charge in [-0.05, 0) is 19.1 Å². The van der Waals surface area contributed by atoms with Crippen molar-refractivity contribution in [3.05, 3.63) is 24.3 Å². The van der Waals surface area contributed by atoms with E-state index >= 15 is 0 Å². The second-order valence-electron chi connectivity index (χ2n) is 4.28. The number of para-hydroxylation sites is 2. The molecule has 110 valence electrons. The maximum atomic E-state index is 12.8. The lowest BCUT2D eigenvalue weighted by atomic mass is 10.2. The van der Waals surface area contributed by atoms with Crippen LogP contribution in [0.5, 0.6) is 5.75 Å². The molecule has 20 heavy (non-hydrogen) atoms. The smallest absolute Gasteiger partial charge is 0.455 e. The van der Waals surface area contributed by atoms with Crippen LogP contribution in [0.4, 0.5) is 27.6 Å². The molecule has 1 aromatic carbocycles. The molecule has 0 aliphatic carbocycles. The summed E-state index contributed by atoms with van der Waals surface area (Å²) in [5.41, 5.74) is 0.472. The van der Waals surface area contributed by atoms with Gasteiger partial charge in [-0.25, -0.2) is 0 Å². The number of aliphatic imine (C=N–C) groups is 1. The summed E-state index contributed by atoms with van der Waals surface area (Å²) >= 11 is 0. The van der Waals surface area contributed by atoms with Gasteiger partial charge in [0.15, 0.2) is 6.10 Å². The van der Waals surface area contributed by atoms with Crippen molar-refractivity contribution in [1.82, 2.24) is 0 Å². The van der Waals surface area contributed by atoms with Crippen molar-refractivity contribution in [3.63, 3.8) is 0 Å². The summed E-state index contributed by atoms with van der Waals surface area (Å²) in [7, 11) is 0. The molecule has 0 amide bonds. The summed E-state index contributed by atoms with van der Waals surface area (Å²) in [6.07, 6.45) is -6.35. The lowest BCUT2D eigenvalue weighted by Crippen LogP contribution is -2.41. The Morgan fingerprint density at radius 2 is 1.85 bits per heavy atom. The van der Waals surface area contributed by atoms with Crippen LogP contribution in [-0.2, 0) is 0 Å². The number of ether oxygens (including phenoxy) is 1. The molecular formula is C12H11F5N2O. The minimum atomic E-state index is -5.62. The summed E-state index contributed by atoms with van der Waals surface area (Å²) in [4.78, 5) is 3.31. The molecule has 0 saturated heterocycles. The highest BCUT2D eigenvalue weighted by Crippen LogP contribution is 2.36. The van der Waals surface area contributed by atoms with Gasteiger partial charge in [-0.2, -0.15) is 22.0 Å². The first-order valence-electron chi connectivity index (χ1n) is 5.72. The fourth-order valence-corrected chi connectivity index (χ4v) is 1.60. The van der Waals surface area contributed by atoms with Crippen LogP contribution in [-0.4, -0.2) is 30.6 Å². The summed E-state index contributed by atoms with van der Waals surface area (Å²) in [6.45, 7) is -0.164. The first-order chi connectivity index (χ1) is 9.21. The fraction of sp³-hybridized carbons (Fsp3) is 0.417. The molecule has 1 unspecified atom stereocenters. The van der Waals surface area contributed by atoms with Gasteiger partial charge in [0.05, 0.1) is 5.69 Å². The van der Waals surface area contributed by atoms with Crippen LogP contribution in [0, 0.1) is 0 Å². The van der Waals surface area contributed by atoms with Gasteiger partial charge < -0.3 is 10.1 Å². The Morgan fingerprint density at radius 1 is 1.20 bits per heavy atom. The van der Waals surface area contributed by atoms with E-state index in [9.17, 15) is 22.0 Å². The maximum Gasteiger partial charge on any atom is 0.455 e. The number of rotatable bonds is 2. The van der Waals surface area contributed by atoms with Gasteiger partial charge in [0.25, 0.3) is 0 Å². The molecule has 0 bridgehead atoms. The zero-order valence-electron chi connectivity index (χ0n) is 10.3. The molecule has 1 heterocycles. The number of fused-ring (bicyclic) bond motifs is 1. The minimum Gasteiger partial charge on any atom is -0.481 e. The molecule has 0 fully saturated rings. The average molecular weight is 294 g/mol. The lowest BCUT2D eigenvalue weighted by Gasteiger charge is -2.27. The number of hydrogen-bond donors (Lipinski definition) is 1. The molecule has 1 aliphatic heterocycles. The first-order valence-corrected chi connectivity index (χ1v) is 5.72. The molecule has 8 heteroatoms.